The Hall–Kier alpha value is -2.74. The summed E-state index contributed by atoms with van der Waals surface area (Å²) in [5.41, 5.74) is 13.9. The molecular weight excluding hydrogens is 564 g/mol. The maximum absolute atomic E-state index is 8.49. The number of rotatable bonds is 0. The van der Waals surface area contributed by atoms with Gasteiger partial charge in [-0.3, -0.25) is 0 Å². The molecule has 2 aliphatic heterocycles. The summed E-state index contributed by atoms with van der Waals surface area (Å²) < 4.78 is 34.0. The average molecular weight is 585 g/mol. The first kappa shape index (κ1) is 31.5. The number of hydrogen-bond acceptors (Lipinski definition) is 7. The summed E-state index contributed by atoms with van der Waals surface area (Å²) >= 11 is 0. The minimum Gasteiger partial charge on any atom is -1.00 e. The largest absolute Gasteiger partial charge is 2.00 e. The van der Waals surface area contributed by atoms with Crippen LogP contribution in [0.5, 0.6) is 0 Å². The predicted molar refractivity (Wildman–Crippen MR) is 130 cm³/mol. The number of aromatic amines is 2. The zero-order valence-corrected chi connectivity index (χ0v) is 23.9. The van der Waals surface area contributed by atoms with E-state index in [0.29, 0.717) is 5.69 Å². The van der Waals surface area contributed by atoms with E-state index in [4.69, 9.17) is 24.4 Å². The van der Waals surface area contributed by atoms with Crippen LogP contribution in [0.25, 0.3) is 46.4 Å². The smallest absolute Gasteiger partial charge is 1.00 e. The predicted octanol–water partition coefficient (Wildman–Crippen LogP) is -1.92. The summed E-state index contributed by atoms with van der Waals surface area (Å²) in [6.45, 7) is 0. The van der Waals surface area contributed by atoms with Crippen molar-refractivity contribution in [1.82, 2.24) is 19.9 Å². The van der Waals surface area contributed by atoms with Crippen LogP contribution in [0.2, 0.25) is 0 Å². The van der Waals surface area contributed by atoms with E-state index in [1.165, 1.54) is 0 Å². The molecule has 0 aliphatic carbocycles. The Morgan fingerprint density at radius 2 is 1.05 bits per heavy atom. The normalized spacial score (nSPS) is 11.2. The number of halogens is 1. The van der Waals surface area contributed by atoms with Crippen LogP contribution in [0.3, 0.4) is 0 Å². The van der Waals surface area contributed by atoms with Crippen LogP contribution in [0.15, 0.2) is 72.8 Å². The summed E-state index contributed by atoms with van der Waals surface area (Å²) in [6, 6.07) is 26.6. The van der Waals surface area contributed by atoms with Crippen molar-refractivity contribution in [3.05, 3.63) is 102 Å². The van der Waals surface area contributed by atoms with Gasteiger partial charge in [-0.1, -0.05) is 5.69 Å². The van der Waals surface area contributed by atoms with Crippen LogP contribution < -0.4 is 53.9 Å². The number of hydrogen-bond donors (Lipinski definition) is 3. The molecule has 3 aromatic heterocycles. The molecule has 1 aromatic carbocycles. The van der Waals surface area contributed by atoms with Crippen molar-refractivity contribution in [3.8, 4) is 0 Å². The molecule has 4 N–H and O–H groups in total. The van der Waals surface area contributed by atoms with Crippen LogP contribution in [-0.2, 0) is 16.8 Å². The standard InChI is InChI=1S/C20H14N4.C6H6N.ClHO4.Co.Na.H/c1-2-14-10-16-5-6-18(23-16)12-20-8-7-19(24-20)11-17-4-3-15(22-17)9-13(1)21-14;7-6-4-2-1-3-5-6;2-1(3,4)5;;;/h1-12,21-22H;1-4H,7H2;(H,2,3,4,5);;;/q;-1;;+2;+1;-1/p-1. The third-order valence-electron chi connectivity index (χ3n) is 4.78. The molecule has 0 saturated carbocycles. The van der Waals surface area contributed by atoms with Gasteiger partial charge in [0.05, 0.1) is 22.8 Å². The minimum atomic E-state index is -4.94. The number of fused-ring (bicyclic) bond motifs is 8. The number of aromatic nitrogens is 4. The summed E-state index contributed by atoms with van der Waals surface area (Å²) in [4.78, 5) is 16.0. The topological polar surface area (TPSA) is 176 Å². The molecule has 4 aromatic rings. The van der Waals surface area contributed by atoms with Crippen LogP contribution in [0.4, 0.5) is 5.69 Å². The van der Waals surface area contributed by atoms with Gasteiger partial charge >= 0.3 is 46.3 Å². The molecule has 0 spiro atoms. The van der Waals surface area contributed by atoms with E-state index in [9.17, 15) is 0 Å². The van der Waals surface area contributed by atoms with E-state index >= 15 is 0 Å². The number of nitrogen functional groups attached to an aromatic ring is 1. The van der Waals surface area contributed by atoms with Gasteiger partial charge in [0.15, 0.2) is 0 Å². The molecule has 12 heteroatoms. The fraction of sp³-hybridized carbons (Fsp3) is 0. The Kier molecular flexibility index (Phi) is 11.9. The molecule has 191 valence electrons. The molecule has 9 nitrogen and oxygen atoms in total. The first-order valence-electron chi connectivity index (χ1n) is 10.6. The van der Waals surface area contributed by atoms with Gasteiger partial charge in [-0.15, -0.1) is 16.3 Å². The maximum atomic E-state index is 8.49. The number of H-pyrrole nitrogens is 2. The second kappa shape index (κ2) is 14.4. The Morgan fingerprint density at radius 3 is 1.39 bits per heavy atom. The van der Waals surface area contributed by atoms with E-state index in [1.807, 2.05) is 54.6 Å². The summed E-state index contributed by atoms with van der Waals surface area (Å²) in [6.07, 6.45) is 8.05. The molecule has 38 heavy (non-hydrogen) atoms. The molecule has 0 amide bonds. The number of nitrogens with two attached hydrogens (primary N) is 1. The number of nitrogens with zero attached hydrogens (tertiary/aromatic N) is 2. The Labute approximate surface area is 254 Å². The van der Waals surface area contributed by atoms with Crippen molar-refractivity contribution < 1.29 is 76.6 Å². The Balaban J connectivity index is 0.000000430. The summed E-state index contributed by atoms with van der Waals surface area (Å²) in [5.74, 6) is 0. The summed E-state index contributed by atoms with van der Waals surface area (Å²) in [5, 5.41) is 0. The van der Waals surface area contributed by atoms with Crippen LogP contribution in [0.1, 0.15) is 24.2 Å². The van der Waals surface area contributed by atoms with Gasteiger partial charge in [0.1, 0.15) is 0 Å². The second-order valence-corrected chi connectivity index (χ2v) is 8.36. The Bertz CT molecular complexity index is 1480. The zero-order chi connectivity index (χ0) is 25.5. The molecule has 0 fully saturated rings. The van der Waals surface area contributed by atoms with Gasteiger partial charge in [-0.05, 0) is 72.8 Å². The fourth-order valence-corrected chi connectivity index (χ4v) is 3.35. The molecule has 0 atom stereocenters. The molecular formula is C26H21ClCoN5NaO4. The first-order chi connectivity index (χ1) is 17.2. The van der Waals surface area contributed by atoms with Gasteiger partial charge in [0, 0.05) is 22.1 Å². The first-order valence-corrected chi connectivity index (χ1v) is 11.8. The van der Waals surface area contributed by atoms with Crippen LogP contribution >= 0.6 is 0 Å². The third kappa shape index (κ3) is 10.6. The fourth-order valence-electron chi connectivity index (χ4n) is 3.35. The third-order valence-corrected chi connectivity index (χ3v) is 4.78. The van der Waals surface area contributed by atoms with E-state index in [1.54, 1.807) is 12.1 Å². The van der Waals surface area contributed by atoms with E-state index < -0.39 is 10.2 Å². The van der Waals surface area contributed by atoms with E-state index in [2.05, 4.69) is 56.3 Å². The molecule has 6 rings (SSSR count). The SMILES string of the molecule is C1=Cc2cc3ccc(cc4ccc(cc5nc(cc1n2)C=C5)[nH]4)[nH]3.Nc1[c-]cccc1.[Co+2].[H-].[Na+].[O-][Cl+3]([O-])([O-])[O-]. The van der Waals surface area contributed by atoms with Gasteiger partial charge in [-0.2, -0.15) is 24.3 Å². The molecule has 8 bridgehead atoms. The number of para-hydroxylation sites is 1. The number of nitrogens with one attached hydrogen (secondary N) is 2. The van der Waals surface area contributed by atoms with Crippen molar-refractivity contribution in [1.29, 1.82) is 0 Å². The summed E-state index contributed by atoms with van der Waals surface area (Å²) in [7, 11) is -4.94. The average Bonchev–Trinajstić information content (AvgIpc) is 3.60. The van der Waals surface area contributed by atoms with Gasteiger partial charge in [0.25, 0.3) is 0 Å². The van der Waals surface area contributed by atoms with Gasteiger partial charge < -0.3 is 17.1 Å². The quantitative estimate of drug-likeness (QED) is 0.106. The second-order valence-electron chi connectivity index (χ2n) is 7.60. The van der Waals surface area contributed by atoms with E-state index in [0.717, 1.165) is 44.8 Å². The van der Waals surface area contributed by atoms with E-state index in [-0.39, 0.29) is 47.8 Å². The van der Waals surface area contributed by atoms with Gasteiger partial charge in [-0.25, -0.2) is 28.6 Å². The number of benzene rings is 1. The molecule has 0 saturated heterocycles. The Morgan fingerprint density at radius 1 is 0.658 bits per heavy atom. The maximum Gasteiger partial charge on any atom is 2.00 e. The van der Waals surface area contributed by atoms with Crippen LogP contribution in [0, 0.1) is 16.3 Å². The number of anilines is 1. The molecule has 2 aliphatic rings. The molecule has 0 unspecified atom stereocenters. The minimum absolute atomic E-state index is 0. The van der Waals surface area contributed by atoms with Crippen molar-refractivity contribution in [2.24, 2.45) is 0 Å². The van der Waals surface area contributed by atoms with Crippen molar-refractivity contribution in [2.75, 3.05) is 5.73 Å². The molecule has 5 heterocycles. The molecule has 1 radical (unpaired) electrons. The van der Waals surface area contributed by atoms with Crippen LogP contribution in [-0.4, -0.2) is 19.9 Å². The van der Waals surface area contributed by atoms with Gasteiger partial charge in [0.2, 0.25) is 0 Å². The van der Waals surface area contributed by atoms with Crippen molar-refractivity contribution in [3.63, 3.8) is 0 Å². The zero-order valence-electron chi connectivity index (χ0n) is 21.1. The van der Waals surface area contributed by atoms with Crippen molar-refractivity contribution in [2.45, 2.75) is 0 Å². The monoisotopic (exact) mass is 584 g/mol. The van der Waals surface area contributed by atoms with Crippen molar-refractivity contribution >= 4 is 52.1 Å².